The molecule has 0 heterocycles. The fourth-order valence-electron chi connectivity index (χ4n) is 1.52. The van der Waals surface area contributed by atoms with Gasteiger partial charge in [0.1, 0.15) is 0 Å². The van der Waals surface area contributed by atoms with Gasteiger partial charge in [-0.15, -0.1) is 0 Å². The molecule has 1 rings (SSSR count). The number of rotatable bonds is 7. The summed E-state index contributed by atoms with van der Waals surface area (Å²) in [7, 11) is 0. The third-order valence-corrected chi connectivity index (χ3v) is 2.44. The molecular formula is C15H21. The van der Waals surface area contributed by atoms with E-state index in [9.17, 15) is 0 Å². The van der Waals surface area contributed by atoms with Crippen molar-refractivity contribution in [3.63, 3.8) is 0 Å². The second-order valence-corrected chi connectivity index (χ2v) is 3.85. The number of allylic oxidation sites excluding steroid dienone is 2. The lowest BCUT2D eigenvalue weighted by Gasteiger charge is -1.96. The number of hydrogen-bond acceptors (Lipinski definition) is 0. The molecule has 1 aromatic rings. The first-order valence-electron chi connectivity index (χ1n) is 5.95. The Balaban J connectivity index is 2.06. The summed E-state index contributed by atoms with van der Waals surface area (Å²) in [6.07, 6.45) is 13.0. The second-order valence-electron chi connectivity index (χ2n) is 3.85. The van der Waals surface area contributed by atoms with E-state index in [0.29, 0.717) is 0 Å². The van der Waals surface area contributed by atoms with Crippen LogP contribution in [0.25, 0.3) is 0 Å². The van der Waals surface area contributed by atoms with E-state index in [-0.39, 0.29) is 0 Å². The van der Waals surface area contributed by atoms with Crippen LogP contribution < -0.4 is 0 Å². The summed E-state index contributed by atoms with van der Waals surface area (Å²) in [5.74, 6) is 0. The van der Waals surface area contributed by atoms with E-state index in [1.165, 1.54) is 31.2 Å². The Bertz CT molecular complexity index is 259. The summed E-state index contributed by atoms with van der Waals surface area (Å²) in [4.78, 5) is 0. The molecule has 15 heavy (non-hydrogen) atoms. The van der Waals surface area contributed by atoms with Gasteiger partial charge in [0.15, 0.2) is 0 Å². The van der Waals surface area contributed by atoms with E-state index in [4.69, 9.17) is 0 Å². The zero-order chi connectivity index (χ0) is 10.8. The van der Waals surface area contributed by atoms with Gasteiger partial charge in [-0.1, -0.05) is 62.2 Å². The molecule has 0 aliphatic carbocycles. The SMILES string of the molecule is CCCCCC=C[CH]Cc1ccccc1. The fourth-order valence-corrected chi connectivity index (χ4v) is 1.52. The first kappa shape index (κ1) is 12.0. The summed E-state index contributed by atoms with van der Waals surface area (Å²) >= 11 is 0. The lowest BCUT2D eigenvalue weighted by Crippen LogP contribution is -1.82. The Hall–Kier alpha value is -1.04. The van der Waals surface area contributed by atoms with Crippen LogP contribution in [0.5, 0.6) is 0 Å². The predicted molar refractivity (Wildman–Crippen MR) is 67.7 cm³/mol. The molecule has 0 nitrogen and oxygen atoms in total. The number of hydrogen-bond donors (Lipinski definition) is 0. The molecule has 0 heteroatoms. The molecule has 0 aliphatic rings. The van der Waals surface area contributed by atoms with E-state index in [1.807, 2.05) is 0 Å². The highest BCUT2D eigenvalue weighted by Crippen LogP contribution is 2.04. The van der Waals surface area contributed by atoms with Gasteiger partial charge >= 0.3 is 0 Å². The maximum absolute atomic E-state index is 2.28. The van der Waals surface area contributed by atoms with Crippen molar-refractivity contribution in [1.82, 2.24) is 0 Å². The van der Waals surface area contributed by atoms with E-state index in [1.54, 1.807) is 0 Å². The standard InChI is InChI=1S/C15H21/c1-2-3-4-5-6-7-9-12-15-13-10-8-11-14-15/h6-11,13-14H,2-5,12H2,1H3. The first-order chi connectivity index (χ1) is 7.43. The lowest BCUT2D eigenvalue weighted by molar-refractivity contribution is 0.729. The van der Waals surface area contributed by atoms with Crippen LogP contribution >= 0.6 is 0 Å². The lowest BCUT2D eigenvalue weighted by atomic mass is 10.1. The molecule has 81 valence electrons. The zero-order valence-corrected chi connectivity index (χ0v) is 9.65. The van der Waals surface area contributed by atoms with Crippen LogP contribution in [0.3, 0.4) is 0 Å². The van der Waals surface area contributed by atoms with Crippen molar-refractivity contribution >= 4 is 0 Å². The van der Waals surface area contributed by atoms with Crippen LogP contribution in [0.4, 0.5) is 0 Å². The molecule has 0 aliphatic heterocycles. The topological polar surface area (TPSA) is 0 Å². The summed E-state index contributed by atoms with van der Waals surface area (Å²) in [6, 6.07) is 10.6. The number of benzene rings is 1. The van der Waals surface area contributed by atoms with Gasteiger partial charge in [-0.3, -0.25) is 0 Å². The van der Waals surface area contributed by atoms with Crippen molar-refractivity contribution in [2.75, 3.05) is 0 Å². The Labute approximate surface area is 94.0 Å². The van der Waals surface area contributed by atoms with E-state index in [2.05, 4.69) is 55.8 Å². The van der Waals surface area contributed by atoms with Crippen LogP contribution in [0.1, 0.15) is 38.2 Å². The van der Waals surface area contributed by atoms with Gasteiger partial charge < -0.3 is 0 Å². The Morgan fingerprint density at radius 2 is 1.87 bits per heavy atom. The van der Waals surface area contributed by atoms with Crippen LogP contribution in [0.15, 0.2) is 42.5 Å². The third-order valence-electron chi connectivity index (χ3n) is 2.44. The molecule has 0 bridgehead atoms. The van der Waals surface area contributed by atoms with Crippen molar-refractivity contribution in [1.29, 1.82) is 0 Å². The summed E-state index contributed by atoms with van der Waals surface area (Å²) in [5.41, 5.74) is 1.38. The average Bonchev–Trinajstić information content (AvgIpc) is 2.29. The van der Waals surface area contributed by atoms with Gasteiger partial charge in [0, 0.05) is 0 Å². The molecule has 0 aromatic heterocycles. The molecule has 0 atom stereocenters. The van der Waals surface area contributed by atoms with Crippen molar-refractivity contribution in [3.8, 4) is 0 Å². The highest BCUT2D eigenvalue weighted by atomic mass is 13.9. The van der Waals surface area contributed by atoms with Crippen LogP contribution in [-0.4, -0.2) is 0 Å². The van der Waals surface area contributed by atoms with Gasteiger partial charge in [0.25, 0.3) is 0 Å². The van der Waals surface area contributed by atoms with E-state index in [0.717, 1.165) is 6.42 Å². The first-order valence-corrected chi connectivity index (χ1v) is 5.95. The quantitative estimate of drug-likeness (QED) is 0.567. The van der Waals surface area contributed by atoms with E-state index >= 15 is 0 Å². The van der Waals surface area contributed by atoms with Gasteiger partial charge in [-0.05, 0) is 31.2 Å². The molecule has 0 saturated carbocycles. The Kier molecular flexibility index (Phi) is 6.64. The largest absolute Gasteiger partial charge is 0.0882 e. The zero-order valence-electron chi connectivity index (χ0n) is 9.65. The van der Waals surface area contributed by atoms with Crippen molar-refractivity contribution in [3.05, 3.63) is 54.5 Å². The molecule has 0 spiro atoms. The monoisotopic (exact) mass is 201 g/mol. The van der Waals surface area contributed by atoms with Crippen molar-refractivity contribution in [2.24, 2.45) is 0 Å². The molecule has 0 N–H and O–H groups in total. The predicted octanol–water partition coefficient (Wildman–Crippen LogP) is 4.57. The minimum absolute atomic E-state index is 1.05. The molecule has 0 saturated heterocycles. The van der Waals surface area contributed by atoms with Crippen LogP contribution in [0, 0.1) is 6.42 Å². The summed E-state index contributed by atoms with van der Waals surface area (Å²) in [5, 5.41) is 0. The van der Waals surface area contributed by atoms with Gasteiger partial charge in [-0.2, -0.15) is 0 Å². The van der Waals surface area contributed by atoms with E-state index < -0.39 is 0 Å². The molecule has 1 radical (unpaired) electrons. The van der Waals surface area contributed by atoms with Crippen molar-refractivity contribution < 1.29 is 0 Å². The summed E-state index contributed by atoms with van der Waals surface area (Å²) < 4.78 is 0. The Morgan fingerprint density at radius 3 is 2.60 bits per heavy atom. The smallest absolute Gasteiger partial charge is 0.0127 e. The highest BCUT2D eigenvalue weighted by molar-refractivity contribution is 5.18. The fraction of sp³-hybridized carbons (Fsp3) is 0.400. The molecule has 0 unspecified atom stereocenters. The normalized spacial score (nSPS) is 11.0. The molecule has 1 aromatic carbocycles. The maximum atomic E-state index is 2.28. The van der Waals surface area contributed by atoms with Crippen LogP contribution in [-0.2, 0) is 6.42 Å². The average molecular weight is 201 g/mol. The second kappa shape index (κ2) is 8.28. The minimum Gasteiger partial charge on any atom is -0.0882 e. The van der Waals surface area contributed by atoms with Crippen LogP contribution in [0.2, 0.25) is 0 Å². The van der Waals surface area contributed by atoms with Crippen molar-refractivity contribution in [2.45, 2.75) is 39.0 Å². The highest BCUT2D eigenvalue weighted by Gasteiger charge is 1.88. The van der Waals surface area contributed by atoms with Gasteiger partial charge in [0.2, 0.25) is 0 Å². The maximum Gasteiger partial charge on any atom is -0.0127 e. The summed E-state index contributed by atoms with van der Waals surface area (Å²) in [6.45, 7) is 2.24. The van der Waals surface area contributed by atoms with Gasteiger partial charge in [-0.25, -0.2) is 0 Å². The molecule has 0 fully saturated rings. The molecule has 0 amide bonds. The van der Waals surface area contributed by atoms with Gasteiger partial charge in [0.05, 0.1) is 0 Å². The minimum atomic E-state index is 1.05. The number of unbranched alkanes of at least 4 members (excludes halogenated alkanes) is 3. The Morgan fingerprint density at radius 1 is 1.07 bits per heavy atom. The molecular weight excluding hydrogens is 180 g/mol. The third kappa shape index (κ3) is 6.11.